The van der Waals surface area contributed by atoms with Gasteiger partial charge in [0.25, 0.3) is 11.8 Å². The maximum absolute atomic E-state index is 13.0. The molecule has 132 valence electrons. The van der Waals surface area contributed by atoms with E-state index < -0.39 is 0 Å². The number of rotatable bonds is 4. The van der Waals surface area contributed by atoms with E-state index in [1.807, 2.05) is 67.3 Å². The van der Waals surface area contributed by atoms with Gasteiger partial charge >= 0.3 is 0 Å². The van der Waals surface area contributed by atoms with Gasteiger partial charge in [-0.2, -0.15) is 0 Å². The quantitative estimate of drug-likeness (QED) is 0.852. The first-order chi connectivity index (χ1) is 12.5. The van der Waals surface area contributed by atoms with Gasteiger partial charge in [-0.1, -0.05) is 41.5 Å². The number of carbonyl (C=O) groups excluding carboxylic acids is 2. The van der Waals surface area contributed by atoms with Gasteiger partial charge in [0.2, 0.25) is 0 Å². The molecule has 4 rings (SSSR count). The van der Waals surface area contributed by atoms with Crippen molar-refractivity contribution in [1.82, 2.24) is 4.90 Å². The second-order valence-corrected chi connectivity index (χ2v) is 7.34. The van der Waals surface area contributed by atoms with Crippen molar-refractivity contribution in [2.75, 3.05) is 6.54 Å². The Morgan fingerprint density at radius 1 is 1.08 bits per heavy atom. The highest BCUT2D eigenvalue weighted by Gasteiger charge is 2.35. The second kappa shape index (κ2) is 6.52. The number of benzene rings is 2. The lowest BCUT2D eigenvalue weighted by molar-refractivity contribution is -0.120. The Morgan fingerprint density at radius 2 is 1.77 bits per heavy atom. The Hall–Kier alpha value is -2.75. The number of carbonyl (C=O) groups is 2. The van der Waals surface area contributed by atoms with Gasteiger partial charge in [0, 0.05) is 18.2 Å². The number of fused-ring (bicyclic) bond motifs is 1. The second-order valence-electron chi connectivity index (χ2n) is 7.34. The molecule has 2 amide bonds. The Labute approximate surface area is 152 Å². The van der Waals surface area contributed by atoms with Crippen molar-refractivity contribution >= 4 is 17.9 Å². The first-order valence-corrected chi connectivity index (χ1v) is 9.10. The summed E-state index contributed by atoms with van der Waals surface area (Å²) < 4.78 is 0. The molecule has 1 fully saturated rings. The van der Waals surface area contributed by atoms with Crippen LogP contribution >= 0.6 is 0 Å². The molecule has 0 bridgehead atoms. The van der Waals surface area contributed by atoms with Crippen molar-refractivity contribution in [3.63, 3.8) is 0 Å². The van der Waals surface area contributed by atoms with Crippen LogP contribution in [0.4, 0.5) is 0 Å². The third-order valence-corrected chi connectivity index (χ3v) is 5.05. The minimum absolute atomic E-state index is 0.00346. The minimum Gasteiger partial charge on any atom is -0.335 e. The Bertz CT molecular complexity index is 988. The molecule has 1 heterocycles. The van der Waals surface area contributed by atoms with Crippen molar-refractivity contribution < 1.29 is 9.59 Å². The van der Waals surface area contributed by atoms with Crippen LogP contribution in [0, 0.1) is 19.8 Å². The summed E-state index contributed by atoms with van der Waals surface area (Å²) in [5, 5.41) is 1.70. The smallest absolute Gasteiger partial charge is 0.254 e. The van der Waals surface area contributed by atoms with Crippen molar-refractivity contribution in [3.05, 3.63) is 69.7 Å². The lowest BCUT2D eigenvalue weighted by Gasteiger charge is -2.26. The average Bonchev–Trinajstić information content (AvgIpc) is 3.45. The Kier molecular flexibility index (Phi) is 4.19. The summed E-state index contributed by atoms with van der Waals surface area (Å²) in [6, 6.07) is 13.7. The van der Waals surface area contributed by atoms with Gasteiger partial charge in [-0.15, -0.1) is 0 Å². The van der Waals surface area contributed by atoms with Gasteiger partial charge < -0.3 is 4.90 Å². The van der Waals surface area contributed by atoms with Crippen LogP contribution < -0.4 is 10.6 Å². The van der Waals surface area contributed by atoms with Crippen LogP contribution in [0.15, 0.2) is 47.5 Å². The highest BCUT2D eigenvalue weighted by atomic mass is 16.2. The third-order valence-electron chi connectivity index (χ3n) is 5.05. The number of hydrogen-bond donors (Lipinski definition) is 0. The van der Waals surface area contributed by atoms with Gasteiger partial charge in [0.15, 0.2) is 0 Å². The molecule has 2 aromatic rings. The largest absolute Gasteiger partial charge is 0.335 e. The van der Waals surface area contributed by atoms with Crippen molar-refractivity contribution in [3.8, 4) is 0 Å². The zero-order valence-electron chi connectivity index (χ0n) is 15.1. The van der Waals surface area contributed by atoms with E-state index in [1.54, 1.807) is 0 Å². The summed E-state index contributed by atoms with van der Waals surface area (Å²) >= 11 is 0. The van der Waals surface area contributed by atoms with Crippen molar-refractivity contribution in [1.29, 1.82) is 0 Å². The van der Waals surface area contributed by atoms with Crippen LogP contribution in [0.1, 0.15) is 34.3 Å². The standard InChI is InChI=1S/C22H22N2O2/c1-14-3-6-16(7-4-14)22(26)24(19-8-9-19)13-18-12-17-11-15(2)5-10-20(17)23-21(18)25/h3-7,10-12,18-19H,8-9,13H2,1-2H3. The Balaban J connectivity index is 1.62. The molecular formula is C22H22N2O2. The first-order valence-electron chi connectivity index (χ1n) is 9.10. The molecule has 0 spiro atoms. The number of aryl methyl sites for hydroxylation is 2. The lowest BCUT2D eigenvalue weighted by Crippen LogP contribution is -2.42. The van der Waals surface area contributed by atoms with Crippen molar-refractivity contribution in [2.24, 2.45) is 10.9 Å². The topological polar surface area (TPSA) is 49.7 Å². The molecule has 26 heavy (non-hydrogen) atoms. The number of hydrogen-bond acceptors (Lipinski definition) is 2. The van der Waals surface area contributed by atoms with Crippen LogP contribution in [0.5, 0.6) is 0 Å². The van der Waals surface area contributed by atoms with Gasteiger partial charge in [-0.25, -0.2) is 4.99 Å². The van der Waals surface area contributed by atoms with E-state index in [9.17, 15) is 9.59 Å². The highest BCUT2D eigenvalue weighted by molar-refractivity contribution is 5.95. The molecule has 4 nitrogen and oxygen atoms in total. The van der Waals surface area contributed by atoms with Gasteiger partial charge in [-0.3, -0.25) is 9.59 Å². The van der Waals surface area contributed by atoms with Crippen molar-refractivity contribution in [2.45, 2.75) is 32.7 Å². The van der Waals surface area contributed by atoms with Crippen LogP contribution in [-0.4, -0.2) is 29.3 Å². The molecule has 1 unspecified atom stereocenters. The summed E-state index contributed by atoms with van der Waals surface area (Å²) in [7, 11) is 0. The van der Waals surface area contributed by atoms with E-state index in [0.717, 1.165) is 34.5 Å². The van der Waals surface area contributed by atoms with Gasteiger partial charge in [0.05, 0.1) is 11.3 Å². The predicted molar refractivity (Wildman–Crippen MR) is 100 cm³/mol. The molecular weight excluding hydrogens is 324 g/mol. The molecule has 0 radical (unpaired) electrons. The van der Waals surface area contributed by atoms with Crippen LogP contribution in [0.25, 0.3) is 6.08 Å². The van der Waals surface area contributed by atoms with E-state index >= 15 is 0 Å². The van der Waals surface area contributed by atoms with Gasteiger partial charge in [0.1, 0.15) is 0 Å². The van der Waals surface area contributed by atoms with E-state index in [0.29, 0.717) is 12.1 Å². The summed E-state index contributed by atoms with van der Waals surface area (Å²) in [5.41, 5.74) is 2.94. The Morgan fingerprint density at radius 3 is 2.46 bits per heavy atom. The molecule has 1 atom stereocenters. The lowest BCUT2D eigenvalue weighted by atomic mass is 10.0. The SMILES string of the molecule is Cc1ccc(C(=O)N(CC2C=c3cc(C)ccc3=NC2=O)C2CC2)cc1. The highest BCUT2D eigenvalue weighted by Crippen LogP contribution is 2.29. The minimum atomic E-state index is -0.376. The van der Waals surface area contributed by atoms with Crippen LogP contribution in [-0.2, 0) is 4.79 Å². The van der Waals surface area contributed by atoms with Gasteiger partial charge in [-0.05, 0) is 50.1 Å². The first kappa shape index (κ1) is 16.7. The predicted octanol–water partition coefficient (Wildman–Crippen LogP) is 2.16. The fraction of sp³-hybridized carbons (Fsp3) is 0.318. The van der Waals surface area contributed by atoms with E-state index in [2.05, 4.69) is 4.99 Å². The molecule has 4 heteroatoms. The summed E-state index contributed by atoms with van der Waals surface area (Å²) in [6.07, 6.45) is 3.98. The average molecular weight is 346 g/mol. The zero-order valence-corrected chi connectivity index (χ0v) is 15.1. The summed E-state index contributed by atoms with van der Waals surface area (Å²) in [4.78, 5) is 31.6. The molecule has 1 saturated carbocycles. The molecule has 2 aliphatic rings. The van der Waals surface area contributed by atoms with Crippen LogP contribution in [0.3, 0.4) is 0 Å². The van der Waals surface area contributed by atoms with E-state index in [4.69, 9.17) is 0 Å². The number of amides is 2. The molecule has 1 aliphatic carbocycles. The zero-order chi connectivity index (χ0) is 18.3. The fourth-order valence-electron chi connectivity index (χ4n) is 3.39. The normalized spacial score (nSPS) is 18.5. The monoisotopic (exact) mass is 346 g/mol. The van der Waals surface area contributed by atoms with E-state index in [-0.39, 0.29) is 23.8 Å². The number of nitrogens with zero attached hydrogens (tertiary/aromatic N) is 2. The maximum atomic E-state index is 13.0. The summed E-state index contributed by atoms with van der Waals surface area (Å²) in [5.74, 6) is -0.535. The maximum Gasteiger partial charge on any atom is 0.254 e. The summed E-state index contributed by atoms with van der Waals surface area (Å²) in [6.45, 7) is 4.42. The van der Waals surface area contributed by atoms with Crippen LogP contribution in [0.2, 0.25) is 0 Å². The fourth-order valence-corrected chi connectivity index (χ4v) is 3.39. The third kappa shape index (κ3) is 3.32. The van der Waals surface area contributed by atoms with E-state index in [1.165, 1.54) is 0 Å². The molecule has 2 aromatic carbocycles. The molecule has 0 saturated heterocycles. The molecule has 1 aliphatic heterocycles. The molecule has 0 N–H and O–H groups in total. The molecule has 0 aromatic heterocycles.